The molecule has 8 nitrogen and oxygen atoms in total. The molecule has 0 spiro atoms. The van der Waals surface area contributed by atoms with Crippen molar-refractivity contribution in [3.05, 3.63) is 36.5 Å². The lowest BCUT2D eigenvalue weighted by molar-refractivity contribution is -0.870. The Labute approximate surface area is 429 Å². The number of carbonyl (C=O) groups is 1. The highest BCUT2D eigenvalue weighted by atomic mass is 31.2. The van der Waals surface area contributed by atoms with Crippen LogP contribution in [-0.4, -0.2) is 73.4 Å². The monoisotopic (exact) mass is 994 g/mol. The molecule has 0 bridgehead atoms. The van der Waals surface area contributed by atoms with Crippen LogP contribution in [0.4, 0.5) is 0 Å². The molecular formula is C60H118N2O6P+. The van der Waals surface area contributed by atoms with Gasteiger partial charge < -0.3 is 19.8 Å². The van der Waals surface area contributed by atoms with Crippen LogP contribution in [0.1, 0.15) is 290 Å². The summed E-state index contributed by atoms with van der Waals surface area (Å²) in [5, 5.41) is 13.9. The molecule has 3 atom stereocenters. The SMILES string of the molecule is CCCCCCCCCCCCCCCCCCCCCCCC/C=C/CC/C=C/CC/C=C/C(O)C(COP(=O)(O)OCC[N+](C)(C)C)NC(=O)CCCCCCCCCCCCCCCCC. The van der Waals surface area contributed by atoms with Crippen molar-refractivity contribution >= 4 is 13.7 Å². The highest BCUT2D eigenvalue weighted by molar-refractivity contribution is 7.47. The van der Waals surface area contributed by atoms with Crippen LogP contribution in [-0.2, 0) is 18.4 Å². The molecule has 3 unspecified atom stereocenters. The van der Waals surface area contributed by atoms with Gasteiger partial charge in [-0.3, -0.25) is 13.8 Å². The first-order valence-electron chi connectivity index (χ1n) is 29.9. The maximum atomic E-state index is 12.9. The van der Waals surface area contributed by atoms with Crippen molar-refractivity contribution in [2.45, 2.75) is 302 Å². The molecule has 0 saturated heterocycles. The van der Waals surface area contributed by atoms with Crippen LogP contribution in [0, 0.1) is 0 Å². The fourth-order valence-corrected chi connectivity index (χ4v) is 9.64. The number of hydrogen-bond acceptors (Lipinski definition) is 5. The topological polar surface area (TPSA) is 105 Å². The van der Waals surface area contributed by atoms with Crippen molar-refractivity contribution in [1.29, 1.82) is 0 Å². The van der Waals surface area contributed by atoms with E-state index in [9.17, 15) is 19.4 Å². The maximum absolute atomic E-state index is 12.9. The zero-order valence-electron chi connectivity index (χ0n) is 46.6. The second kappa shape index (κ2) is 51.6. The van der Waals surface area contributed by atoms with Crippen LogP contribution in [0.25, 0.3) is 0 Å². The number of aliphatic hydroxyl groups is 1. The van der Waals surface area contributed by atoms with Gasteiger partial charge in [-0.2, -0.15) is 0 Å². The second-order valence-corrected chi connectivity index (χ2v) is 23.2. The number of nitrogens with one attached hydrogen (secondary N) is 1. The molecule has 0 saturated carbocycles. The number of hydrogen-bond donors (Lipinski definition) is 3. The van der Waals surface area contributed by atoms with Gasteiger partial charge in [0, 0.05) is 6.42 Å². The van der Waals surface area contributed by atoms with Gasteiger partial charge in [0.2, 0.25) is 5.91 Å². The first-order valence-corrected chi connectivity index (χ1v) is 31.4. The van der Waals surface area contributed by atoms with Gasteiger partial charge in [0.1, 0.15) is 13.2 Å². The number of nitrogens with zero attached hydrogens (tertiary/aromatic N) is 1. The van der Waals surface area contributed by atoms with E-state index in [0.717, 1.165) is 44.9 Å². The van der Waals surface area contributed by atoms with Crippen LogP contribution < -0.4 is 5.32 Å². The Kier molecular flexibility index (Phi) is 50.7. The number of likely N-dealkylation sites (N-methyl/N-ethyl adjacent to an activating group) is 1. The lowest BCUT2D eigenvalue weighted by atomic mass is 10.0. The largest absolute Gasteiger partial charge is 0.472 e. The first-order chi connectivity index (χ1) is 33.5. The first kappa shape index (κ1) is 67.7. The number of quaternary nitrogens is 1. The average Bonchev–Trinajstić information content (AvgIpc) is 3.31. The second-order valence-electron chi connectivity index (χ2n) is 21.7. The predicted molar refractivity (Wildman–Crippen MR) is 300 cm³/mol. The van der Waals surface area contributed by atoms with Gasteiger partial charge in [-0.1, -0.05) is 275 Å². The van der Waals surface area contributed by atoms with E-state index in [-0.39, 0.29) is 19.1 Å². The molecule has 0 aromatic rings. The van der Waals surface area contributed by atoms with E-state index in [2.05, 4.69) is 43.5 Å². The van der Waals surface area contributed by atoms with Crippen LogP contribution in [0.15, 0.2) is 36.5 Å². The normalized spacial score (nSPS) is 14.1. The van der Waals surface area contributed by atoms with E-state index in [0.29, 0.717) is 17.4 Å². The van der Waals surface area contributed by atoms with Crippen molar-refractivity contribution in [2.75, 3.05) is 40.9 Å². The van der Waals surface area contributed by atoms with E-state index in [1.165, 1.54) is 225 Å². The zero-order valence-corrected chi connectivity index (χ0v) is 47.5. The third-order valence-corrected chi connectivity index (χ3v) is 14.6. The van der Waals surface area contributed by atoms with Crippen LogP contribution in [0.3, 0.4) is 0 Å². The Hall–Kier alpha value is -1.28. The molecule has 1 amide bonds. The van der Waals surface area contributed by atoms with E-state index in [4.69, 9.17) is 9.05 Å². The minimum Gasteiger partial charge on any atom is -0.387 e. The van der Waals surface area contributed by atoms with Gasteiger partial charge in [-0.25, -0.2) is 4.57 Å². The van der Waals surface area contributed by atoms with Crippen LogP contribution >= 0.6 is 7.82 Å². The molecule has 0 radical (unpaired) electrons. The summed E-state index contributed by atoms with van der Waals surface area (Å²) in [7, 11) is 1.56. The highest BCUT2D eigenvalue weighted by Crippen LogP contribution is 2.43. The number of amides is 1. The van der Waals surface area contributed by atoms with Crippen molar-refractivity contribution < 1.29 is 32.9 Å². The smallest absolute Gasteiger partial charge is 0.387 e. The number of unbranched alkanes of at least 4 members (excludes halogenated alkanes) is 38. The Balaban J connectivity index is 4.15. The molecule has 9 heteroatoms. The summed E-state index contributed by atoms with van der Waals surface area (Å²) in [4.78, 5) is 23.2. The third-order valence-electron chi connectivity index (χ3n) is 13.6. The predicted octanol–water partition coefficient (Wildman–Crippen LogP) is 18.2. The number of rotatable bonds is 55. The van der Waals surface area contributed by atoms with Crippen molar-refractivity contribution in [2.24, 2.45) is 0 Å². The molecule has 408 valence electrons. The minimum atomic E-state index is -4.36. The average molecular weight is 995 g/mol. The van der Waals surface area contributed by atoms with Gasteiger partial charge in [0.05, 0.1) is 39.9 Å². The summed E-state index contributed by atoms with van der Waals surface area (Å²) < 4.78 is 23.7. The lowest BCUT2D eigenvalue weighted by Gasteiger charge is -2.25. The molecule has 69 heavy (non-hydrogen) atoms. The minimum absolute atomic E-state index is 0.0550. The standard InChI is InChI=1S/C60H117N2O6P/c1-6-8-10-12-14-16-18-20-22-23-24-25-26-27-28-29-30-31-32-33-34-35-36-37-38-40-41-43-45-47-49-51-53-59(63)58(57-68-69(65,66)67-56-55-62(3,4)5)61-60(64)54-52-50-48-46-44-42-39-21-19-17-15-13-11-9-7-2/h37-38,43,45,51,53,58-59,63H,6-36,39-42,44,46-50,52,54-57H2,1-5H3,(H-,61,64,65,66)/p+1/b38-37+,45-43+,53-51+. The fourth-order valence-electron chi connectivity index (χ4n) is 8.90. The quantitative estimate of drug-likeness (QED) is 0.0243. The van der Waals surface area contributed by atoms with Crippen LogP contribution in [0.5, 0.6) is 0 Å². The Bertz CT molecular complexity index is 1220. The van der Waals surface area contributed by atoms with Gasteiger partial charge in [-0.15, -0.1) is 0 Å². The van der Waals surface area contributed by atoms with Crippen molar-refractivity contribution in [3.63, 3.8) is 0 Å². The Morgan fingerprint density at radius 3 is 1.16 bits per heavy atom. The zero-order chi connectivity index (χ0) is 50.6. The Morgan fingerprint density at radius 2 is 0.797 bits per heavy atom. The van der Waals surface area contributed by atoms with Gasteiger partial charge in [-0.05, 0) is 44.9 Å². The number of aliphatic hydroxyl groups excluding tert-OH is 1. The lowest BCUT2D eigenvalue weighted by Crippen LogP contribution is -2.45. The summed E-state index contributed by atoms with van der Waals surface area (Å²) in [6, 6.07) is -0.867. The molecule has 0 aliphatic heterocycles. The van der Waals surface area contributed by atoms with Crippen molar-refractivity contribution in [1.82, 2.24) is 5.32 Å². The number of carbonyl (C=O) groups excluding carboxylic acids is 1. The Morgan fingerprint density at radius 1 is 0.478 bits per heavy atom. The molecule has 0 rings (SSSR count). The maximum Gasteiger partial charge on any atom is 0.472 e. The van der Waals surface area contributed by atoms with Crippen molar-refractivity contribution in [3.8, 4) is 0 Å². The van der Waals surface area contributed by atoms with E-state index in [1.54, 1.807) is 6.08 Å². The third kappa shape index (κ3) is 54.3. The molecule has 0 aromatic heterocycles. The van der Waals surface area contributed by atoms with Crippen LogP contribution in [0.2, 0.25) is 0 Å². The van der Waals surface area contributed by atoms with Gasteiger partial charge in [0.25, 0.3) is 0 Å². The summed E-state index contributed by atoms with van der Waals surface area (Å²) >= 11 is 0. The molecule has 0 heterocycles. The molecule has 0 fully saturated rings. The number of phosphoric acid groups is 1. The van der Waals surface area contributed by atoms with E-state index >= 15 is 0 Å². The van der Waals surface area contributed by atoms with E-state index in [1.807, 2.05) is 27.2 Å². The van der Waals surface area contributed by atoms with E-state index < -0.39 is 20.0 Å². The summed E-state index contributed by atoms with van der Waals surface area (Å²) in [6.45, 7) is 4.82. The molecule has 3 N–H and O–H groups in total. The highest BCUT2D eigenvalue weighted by Gasteiger charge is 2.27. The summed E-state index contributed by atoms with van der Waals surface area (Å²) in [6.07, 6.45) is 67.0. The summed E-state index contributed by atoms with van der Waals surface area (Å²) in [5.41, 5.74) is 0. The molecule has 0 aliphatic carbocycles. The summed E-state index contributed by atoms with van der Waals surface area (Å²) in [5.74, 6) is -0.188. The molecular weight excluding hydrogens is 876 g/mol. The van der Waals surface area contributed by atoms with Gasteiger partial charge >= 0.3 is 7.82 Å². The fraction of sp³-hybridized carbons (Fsp3) is 0.883. The molecule has 0 aromatic carbocycles. The van der Waals surface area contributed by atoms with Gasteiger partial charge in [0.15, 0.2) is 0 Å². The number of phosphoric ester groups is 1. The molecule has 0 aliphatic rings. The number of allylic oxidation sites excluding steroid dienone is 5.